The number of fused-ring (bicyclic) bond motifs is 1. The van der Waals surface area contributed by atoms with Crippen molar-refractivity contribution in [1.82, 2.24) is 19.7 Å². The molecule has 1 fully saturated rings. The van der Waals surface area contributed by atoms with Gasteiger partial charge in [-0.3, -0.25) is 14.3 Å². The number of benzene rings is 2. The molecule has 0 bridgehead atoms. The molecular weight excluding hydrogens is 437 g/mol. The van der Waals surface area contributed by atoms with Crippen LogP contribution in [0.15, 0.2) is 47.6 Å². The Labute approximate surface area is 197 Å². The number of piperidine rings is 1. The van der Waals surface area contributed by atoms with Gasteiger partial charge in [-0.05, 0) is 92.7 Å². The normalized spacial score (nSPS) is 16.0. The predicted octanol–water partition coefficient (Wildman–Crippen LogP) is 4.61. The van der Waals surface area contributed by atoms with Crippen LogP contribution in [-0.2, 0) is 24.2 Å². The quantitative estimate of drug-likeness (QED) is 0.516. The first kappa shape index (κ1) is 22.1. The van der Waals surface area contributed by atoms with Gasteiger partial charge >= 0.3 is 0 Å². The van der Waals surface area contributed by atoms with E-state index in [1.54, 1.807) is 12.1 Å². The van der Waals surface area contributed by atoms with Crippen LogP contribution in [-0.4, -0.2) is 44.4 Å². The van der Waals surface area contributed by atoms with Crippen molar-refractivity contribution in [3.05, 3.63) is 65.2 Å². The third-order valence-electron chi connectivity index (χ3n) is 6.31. The molecule has 1 aliphatic carbocycles. The molecule has 1 aliphatic heterocycles. The number of amides is 1. The number of hydrogen-bond acceptors (Lipinski definition) is 5. The molecule has 172 valence electrons. The van der Waals surface area contributed by atoms with E-state index in [9.17, 15) is 9.18 Å². The summed E-state index contributed by atoms with van der Waals surface area (Å²) in [5.41, 5.74) is 4.36. The van der Waals surface area contributed by atoms with Crippen molar-refractivity contribution < 1.29 is 9.18 Å². The van der Waals surface area contributed by atoms with E-state index in [4.69, 9.17) is 0 Å². The number of carbonyl (C=O) groups is 1. The maximum atomic E-state index is 13.5. The number of nitrogens with one attached hydrogen (secondary N) is 1. The largest absolute Gasteiger partial charge is 0.325 e. The van der Waals surface area contributed by atoms with Crippen molar-refractivity contribution in [2.75, 3.05) is 24.2 Å². The molecule has 2 aromatic carbocycles. The molecule has 0 atom stereocenters. The molecule has 6 nitrogen and oxygen atoms in total. The Morgan fingerprint density at radius 2 is 1.76 bits per heavy atom. The van der Waals surface area contributed by atoms with Gasteiger partial charge in [-0.15, -0.1) is 10.2 Å². The van der Waals surface area contributed by atoms with Gasteiger partial charge < -0.3 is 5.32 Å². The van der Waals surface area contributed by atoms with Gasteiger partial charge in [0.1, 0.15) is 5.82 Å². The van der Waals surface area contributed by atoms with E-state index in [2.05, 4.69) is 32.5 Å². The van der Waals surface area contributed by atoms with E-state index in [0.29, 0.717) is 11.7 Å². The van der Waals surface area contributed by atoms with E-state index in [1.807, 2.05) is 10.6 Å². The van der Waals surface area contributed by atoms with Crippen molar-refractivity contribution >= 4 is 23.4 Å². The summed E-state index contributed by atoms with van der Waals surface area (Å²) >= 11 is 1.35. The first-order valence-corrected chi connectivity index (χ1v) is 12.6. The molecule has 1 N–H and O–H groups in total. The first-order valence-electron chi connectivity index (χ1n) is 11.6. The van der Waals surface area contributed by atoms with Crippen LogP contribution in [0.1, 0.15) is 42.6 Å². The first-order chi connectivity index (χ1) is 16.2. The molecule has 5 rings (SSSR count). The Morgan fingerprint density at radius 3 is 2.58 bits per heavy atom. The van der Waals surface area contributed by atoms with Crippen LogP contribution >= 0.6 is 11.8 Å². The Kier molecular flexibility index (Phi) is 6.73. The molecule has 0 spiro atoms. The molecule has 33 heavy (non-hydrogen) atoms. The van der Waals surface area contributed by atoms with Crippen molar-refractivity contribution in [1.29, 1.82) is 0 Å². The Morgan fingerprint density at radius 1 is 0.970 bits per heavy atom. The smallest absolute Gasteiger partial charge is 0.234 e. The summed E-state index contributed by atoms with van der Waals surface area (Å²) in [5.74, 6) is 0.668. The summed E-state index contributed by atoms with van der Waals surface area (Å²) in [7, 11) is 0. The van der Waals surface area contributed by atoms with Crippen molar-refractivity contribution in [2.45, 2.75) is 50.2 Å². The molecule has 2 aliphatic rings. The van der Waals surface area contributed by atoms with Crippen LogP contribution in [0.25, 0.3) is 5.69 Å². The third-order valence-corrected chi connectivity index (χ3v) is 7.24. The van der Waals surface area contributed by atoms with Gasteiger partial charge in [0.05, 0.1) is 12.3 Å². The van der Waals surface area contributed by atoms with Gasteiger partial charge in [-0.1, -0.05) is 24.2 Å². The topological polar surface area (TPSA) is 63.1 Å². The lowest BCUT2D eigenvalue weighted by Crippen LogP contribution is -2.30. The van der Waals surface area contributed by atoms with Gasteiger partial charge in [0.15, 0.2) is 11.0 Å². The highest BCUT2D eigenvalue weighted by Crippen LogP contribution is 2.26. The van der Waals surface area contributed by atoms with Gasteiger partial charge in [0, 0.05) is 11.4 Å². The van der Waals surface area contributed by atoms with Crippen LogP contribution in [0.3, 0.4) is 0 Å². The molecule has 0 unspecified atom stereocenters. The molecule has 1 aromatic heterocycles. The molecule has 0 saturated carbocycles. The van der Waals surface area contributed by atoms with Crippen molar-refractivity contribution in [3.8, 4) is 5.69 Å². The molecule has 0 radical (unpaired) electrons. The number of halogens is 1. The van der Waals surface area contributed by atoms with Crippen LogP contribution in [0.2, 0.25) is 0 Å². The minimum atomic E-state index is -0.285. The average molecular weight is 466 g/mol. The van der Waals surface area contributed by atoms with Crippen LogP contribution < -0.4 is 5.32 Å². The maximum absolute atomic E-state index is 13.5. The fourth-order valence-corrected chi connectivity index (χ4v) is 5.41. The summed E-state index contributed by atoms with van der Waals surface area (Å²) in [6.45, 7) is 2.77. The summed E-state index contributed by atoms with van der Waals surface area (Å²) in [6.07, 6.45) is 7.03. The summed E-state index contributed by atoms with van der Waals surface area (Å²) < 4.78 is 15.5. The molecule has 8 heteroatoms. The van der Waals surface area contributed by atoms with Gasteiger partial charge in [0.2, 0.25) is 5.91 Å². The highest BCUT2D eigenvalue weighted by molar-refractivity contribution is 7.99. The Hall–Kier alpha value is -2.71. The standard InChI is InChI=1S/C25H28FN5OS/c26-20-8-11-22(12-9-20)31-23(16-30-13-2-1-3-14-30)28-29-25(31)33-17-24(32)27-21-10-7-18-5-4-6-19(18)15-21/h7-12,15H,1-6,13-14,16-17H2,(H,27,32). The zero-order valence-electron chi connectivity index (χ0n) is 18.6. The SMILES string of the molecule is O=C(CSc1nnc(CN2CCCCC2)n1-c1ccc(F)cc1)Nc1ccc2c(c1)CCC2. The average Bonchev–Trinajstić information content (AvgIpc) is 3.45. The molecule has 1 amide bonds. The van der Waals surface area contributed by atoms with Crippen LogP contribution in [0, 0.1) is 5.82 Å². The summed E-state index contributed by atoms with van der Waals surface area (Å²) in [6, 6.07) is 12.5. The van der Waals surface area contributed by atoms with Crippen molar-refractivity contribution in [3.63, 3.8) is 0 Å². The molecular formula is C25H28FN5OS. The van der Waals surface area contributed by atoms with E-state index < -0.39 is 0 Å². The number of carbonyl (C=O) groups excluding carboxylic acids is 1. The number of hydrogen-bond donors (Lipinski definition) is 1. The van der Waals surface area contributed by atoms with Crippen LogP contribution in [0.4, 0.5) is 10.1 Å². The van der Waals surface area contributed by atoms with E-state index in [-0.39, 0.29) is 17.5 Å². The lowest BCUT2D eigenvalue weighted by atomic mass is 10.1. The lowest BCUT2D eigenvalue weighted by Gasteiger charge is -2.26. The fourth-order valence-electron chi connectivity index (χ4n) is 4.64. The predicted molar refractivity (Wildman–Crippen MR) is 128 cm³/mol. The van der Waals surface area contributed by atoms with E-state index in [0.717, 1.165) is 43.1 Å². The van der Waals surface area contributed by atoms with Crippen LogP contribution in [0.5, 0.6) is 0 Å². The van der Waals surface area contributed by atoms with Gasteiger partial charge in [-0.25, -0.2) is 4.39 Å². The lowest BCUT2D eigenvalue weighted by molar-refractivity contribution is -0.113. The number of aromatic nitrogens is 3. The van der Waals surface area contributed by atoms with Gasteiger partial charge in [0.25, 0.3) is 0 Å². The monoisotopic (exact) mass is 465 g/mol. The van der Waals surface area contributed by atoms with Gasteiger partial charge in [-0.2, -0.15) is 0 Å². The molecule has 1 saturated heterocycles. The second-order valence-electron chi connectivity index (χ2n) is 8.72. The second-order valence-corrected chi connectivity index (χ2v) is 9.66. The zero-order valence-corrected chi connectivity index (χ0v) is 19.4. The number of nitrogens with zero attached hydrogens (tertiary/aromatic N) is 4. The summed E-state index contributed by atoms with van der Waals surface area (Å²) in [5, 5.41) is 12.5. The highest BCUT2D eigenvalue weighted by Gasteiger charge is 2.20. The number of anilines is 1. The Bertz CT molecular complexity index is 1120. The number of rotatable bonds is 7. The highest BCUT2D eigenvalue weighted by atomic mass is 32.2. The summed E-state index contributed by atoms with van der Waals surface area (Å²) in [4.78, 5) is 15.0. The minimum Gasteiger partial charge on any atom is -0.325 e. The van der Waals surface area contributed by atoms with Crippen molar-refractivity contribution in [2.24, 2.45) is 0 Å². The number of likely N-dealkylation sites (tertiary alicyclic amines) is 1. The second kappa shape index (κ2) is 10.1. The molecule has 2 heterocycles. The zero-order chi connectivity index (χ0) is 22.6. The minimum absolute atomic E-state index is 0.0795. The fraction of sp³-hybridized carbons (Fsp3) is 0.400. The molecule has 3 aromatic rings. The van der Waals surface area contributed by atoms with E-state index >= 15 is 0 Å². The van der Waals surface area contributed by atoms with E-state index in [1.165, 1.54) is 60.7 Å². The maximum Gasteiger partial charge on any atom is 0.234 e. The number of aryl methyl sites for hydroxylation is 2. The number of thioether (sulfide) groups is 1. The third kappa shape index (κ3) is 5.28. The Balaban J connectivity index is 1.30.